The molecule has 6 heteroatoms. The summed E-state index contributed by atoms with van der Waals surface area (Å²) in [6, 6.07) is 10.6. The molecule has 2 aromatic carbocycles. The molecule has 0 atom stereocenters. The highest BCUT2D eigenvalue weighted by Crippen LogP contribution is 2.28. The number of methoxy groups -OCH3 is 2. The van der Waals surface area contributed by atoms with E-state index in [1.807, 2.05) is 25.1 Å². The zero-order chi connectivity index (χ0) is 18.7. The average molecular weight is 354 g/mol. The molecule has 3 rings (SSSR count). The summed E-state index contributed by atoms with van der Waals surface area (Å²) < 4.78 is 10.4. The average Bonchev–Trinajstić information content (AvgIpc) is 3.07. The first-order chi connectivity index (χ1) is 12.5. The molecule has 2 aromatic rings. The van der Waals surface area contributed by atoms with E-state index >= 15 is 0 Å². The largest absolute Gasteiger partial charge is 0.497 e. The molecule has 6 nitrogen and oxygen atoms in total. The Morgan fingerprint density at radius 3 is 2.31 bits per heavy atom. The molecule has 2 amide bonds. The maximum atomic E-state index is 12.6. The lowest BCUT2D eigenvalue weighted by Gasteiger charge is -2.19. The highest BCUT2D eigenvalue weighted by molar-refractivity contribution is 6.05. The van der Waals surface area contributed by atoms with Crippen LogP contribution in [-0.2, 0) is 4.79 Å². The predicted molar refractivity (Wildman–Crippen MR) is 100 cm³/mol. The topological polar surface area (TPSA) is 67.9 Å². The van der Waals surface area contributed by atoms with Gasteiger partial charge in [-0.1, -0.05) is 0 Å². The van der Waals surface area contributed by atoms with Gasteiger partial charge in [-0.2, -0.15) is 0 Å². The van der Waals surface area contributed by atoms with Crippen molar-refractivity contribution in [3.63, 3.8) is 0 Å². The lowest BCUT2D eigenvalue weighted by atomic mass is 10.1. The van der Waals surface area contributed by atoms with E-state index in [0.29, 0.717) is 29.2 Å². The summed E-state index contributed by atoms with van der Waals surface area (Å²) in [6.45, 7) is 2.68. The molecule has 0 saturated carbocycles. The van der Waals surface area contributed by atoms with Crippen LogP contribution >= 0.6 is 0 Å². The van der Waals surface area contributed by atoms with Crippen LogP contribution in [0.5, 0.6) is 11.5 Å². The Balaban J connectivity index is 1.79. The second kappa shape index (κ2) is 7.47. The summed E-state index contributed by atoms with van der Waals surface area (Å²) in [4.78, 5) is 26.3. The lowest BCUT2D eigenvalue weighted by molar-refractivity contribution is -0.117. The molecule has 1 aliphatic heterocycles. The van der Waals surface area contributed by atoms with E-state index in [1.165, 1.54) is 14.2 Å². The summed E-state index contributed by atoms with van der Waals surface area (Å²) in [5.41, 5.74) is 2.96. The van der Waals surface area contributed by atoms with E-state index < -0.39 is 0 Å². The normalized spacial score (nSPS) is 13.7. The van der Waals surface area contributed by atoms with Crippen LogP contribution in [0.3, 0.4) is 0 Å². The molecule has 0 bridgehead atoms. The van der Waals surface area contributed by atoms with Crippen molar-refractivity contribution in [3.05, 3.63) is 47.5 Å². The van der Waals surface area contributed by atoms with Crippen LogP contribution in [-0.4, -0.2) is 32.6 Å². The number of aryl methyl sites for hydroxylation is 1. The van der Waals surface area contributed by atoms with Crippen molar-refractivity contribution in [1.29, 1.82) is 0 Å². The molecular weight excluding hydrogens is 332 g/mol. The number of carbonyl (C=O) groups is 2. The smallest absolute Gasteiger partial charge is 0.255 e. The Morgan fingerprint density at radius 1 is 1.08 bits per heavy atom. The third-order valence-corrected chi connectivity index (χ3v) is 4.43. The van der Waals surface area contributed by atoms with Crippen molar-refractivity contribution in [3.8, 4) is 11.5 Å². The molecule has 0 radical (unpaired) electrons. The number of anilines is 2. The molecule has 0 spiro atoms. The molecule has 1 fully saturated rings. The molecule has 1 N–H and O–H groups in total. The zero-order valence-corrected chi connectivity index (χ0v) is 15.2. The van der Waals surface area contributed by atoms with E-state index in [4.69, 9.17) is 9.47 Å². The third-order valence-electron chi connectivity index (χ3n) is 4.43. The minimum Gasteiger partial charge on any atom is -0.497 e. The van der Waals surface area contributed by atoms with Crippen molar-refractivity contribution in [1.82, 2.24) is 0 Å². The molecule has 0 aromatic heterocycles. The third kappa shape index (κ3) is 3.64. The summed E-state index contributed by atoms with van der Waals surface area (Å²) in [5, 5.41) is 2.88. The van der Waals surface area contributed by atoms with Crippen LogP contribution in [0.4, 0.5) is 11.4 Å². The molecule has 1 saturated heterocycles. The molecule has 1 heterocycles. The Kier molecular flexibility index (Phi) is 5.11. The predicted octanol–water partition coefficient (Wildman–Crippen LogP) is 3.39. The molecule has 0 aliphatic carbocycles. The van der Waals surface area contributed by atoms with Gasteiger partial charge < -0.3 is 19.7 Å². The number of carbonyl (C=O) groups excluding carboxylic acids is 2. The summed E-state index contributed by atoms with van der Waals surface area (Å²) in [7, 11) is 3.08. The first-order valence-electron chi connectivity index (χ1n) is 8.47. The van der Waals surface area contributed by atoms with E-state index in [0.717, 1.165) is 24.2 Å². The monoisotopic (exact) mass is 354 g/mol. The van der Waals surface area contributed by atoms with Crippen molar-refractivity contribution < 1.29 is 19.1 Å². The maximum absolute atomic E-state index is 12.6. The number of rotatable bonds is 5. The number of amides is 2. The first-order valence-corrected chi connectivity index (χ1v) is 8.47. The summed E-state index contributed by atoms with van der Waals surface area (Å²) in [5.74, 6) is 0.988. The van der Waals surface area contributed by atoms with Gasteiger partial charge in [0.05, 0.1) is 14.2 Å². The molecule has 1 aliphatic rings. The van der Waals surface area contributed by atoms with Gasteiger partial charge in [-0.05, 0) is 49.2 Å². The van der Waals surface area contributed by atoms with Gasteiger partial charge in [0.15, 0.2) is 0 Å². The summed E-state index contributed by atoms with van der Waals surface area (Å²) >= 11 is 0. The van der Waals surface area contributed by atoms with Crippen LogP contribution in [0.15, 0.2) is 36.4 Å². The minimum absolute atomic E-state index is 0.147. The quantitative estimate of drug-likeness (QED) is 0.894. The van der Waals surface area contributed by atoms with Gasteiger partial charge >= 0.3 is 0 Å². The Morgan fingerprint density at radius 2 is 1.77 bits per heavy atom. The van der Waals surface area contributed by atoms with Gasteiger partial charge in [-0.15, -0.1) is 0 Å². The maximum Gasteiger partial charge on any atom is 0.255 e. The first kappa shape index (κ1) is 17.8. The molecular formula is C20H22N2O4. The van der Waals surface area contributed by atoms with E-state index in [9.17, 15) is 9.59 Å². The number of ether oxygens (including phenoxy) is 2. The number of hydrogen-bond acceptors (Lipinski definition) is 4. The van der Waals surface area contributed by atoms with Gasteiger partial charge in [0.25, 0.3) is 5.91 Å². The minimum atomic E-state index is -0.258. The van der Waals surface area contributed by atoms with Gasteiger partial charge in [-0.3, -0.25) is 9.59 Å². The highest BCUT2D eigenvalue weighted by Gasteiger charge is 2.23. The van der Waals surface area contributed by atoms with Gasteiger partial charge in [0.1, 0.15) is 11.5 Å². The summed E-state index contributed by atoms with van der Waals surface area (Å²) in [6.07, 6.45) is 1.48. The molecule has 136 valence electrons. The Bertz CT molecular complexity index is 825. The van der Waals surface area contributed by atoms with Crippen molar-refractivity contribution in [2.75, 3.05) is 31.0 Å². The SMILES string of the molecule is COc1cc(OC)cc(C(=O)Nc2ccc(N3CCCC3=O)c(C)c2)c1. The van der Waals surface area contributed by atoms with Gasteiger partial charge in [0, 0.05) is 36.0 Å². The van der Waals surface area contributed by atoms with Crippen molar-refractivity contribution >= 4 is 23.2 Å². The second-order valence-electron chi connectivity index (χ2n) is 6.21. The molecule has 26 heavy (non-hydrogen) atoms. The fourth-order valence-corrected chi connectivity index (χ4v) is 3.08. The van der Waals surface area contributed by atoms with E-state index in [1.54, 1.807) is 23.1 Å². The van der Waals surface area contributed by atoms with E-state index in [2.05, 4.69) is 5.32 Å². The Labute approximate surface area is 152 Å². The Hall–Kier alpha value is -3.02. The van der Waals surface area contributed by atoms with Gasteiger partial charge in [0.2, 0.25) is 5.91 Å². The lowest BCUT2D eigenvalue weighted by Crippen LogP contribution is -2.24. The zero-order valence-electron chi connectivity index (χ0n) is 15.2. The van der Waals surface area contributed by atoms with Crippen molar-refractivity contribution in [2.24, 2.45) is 0 Å². The van der Waals surface area contributed by atoms with Crippen LogP contribution in [0, 0.1) is 6.92 Å². The standard InChI is InChI=1S/C20H22N2O4/c1-13-9-15(6-7-18(13)22-8-4-5-19(22)23)21-20(24)14-10-16(25-2)12-17(11-14)26-3/h6-7,9-12H,4-5,8H2,1-3H3,(H,21,24). The second-order valence-corrected chi connectivity index (χ2v) is 6.21. The number of nitrogens with one attached hydrogen (secondary N) is 1. The van der Waals surface area contributed by atoms with Crippen LogP contribution in [0.1, 0.15) is 28.8 Å². The van der Waals surface area contributed by atoms with Crippen LogP contribution in [0.2, 0.25) is 0 Å². The van der Waals surface area contributed by atoms with Crippen LogP contribution in [0.25, 0.3) is 0 Å². The number of nitrogens with zero attached hydrogens (tertiary/aromatic N) is 1. The van der Waals surface area contributed by atoms with Crippen molar-refractivity contribution in [2.45, 2.75) is 19.8 Å². The van der Waals surface area contributed by atoms with Gasteiger partial charge in [-0.25, -0.2) is 0 Å². The highest BCUT2D eigenvalue weighted by atomic mass is 16.5. The van der Waals surface area contributed by atoms with Crippen LogP contribution < -0.4 is 19.7 Å². The fourth-order valence-electron chi connectivity index (χ4n) is 3.08. The van der Waals surface area contributed by atoms with E-state index in [-0.39, 0.29) is 11.8 Å². The number of hydrogen-bond donors (Lipinski definition) is 1. The molecule has 0 unspecified atom stereocenters. The fraction of sp³-hybridized carbons (Fsp3) is 0.300. The number of benzene rings is 2.